The van der Waals surface area contributed by atoms with Crippen LogP contribution in [0.5, 0.6) is 0 Å². The van der Waals surface area contributed by atoms with Crippen LogP contribution in [0.25, 0.3) is 0 Å². The second-order valence-corrected chi connectivity index (χ2v) is 1.99. The lowest BCUT2D eigenvalue weighted by molar-refractivity contribution is -0.385. The quantitative estimate of drug-likeness (QED) is 0.503. The molecule has 0 aliphatic carbocycles. The Morgan fingerprint density at radius 1 is 1.58 bits per heavy atom. The Morgan fingerprint density at radius 3 is 2.50 bits per heavy atom. The molecule has 0 N–H and O–H groups in total. The minimum absolute atomic E-state index is 0.111. The maximum atomic E-state index is 10.1. The fraction of sp³-hybridized carbons (Fsp3) is 0.286. The van der Waals surface area contributed by atoms with Gasteiger partial charge in [0.25, 0.3) is 0 Å². The summed E-state index contributed by atoms with van der Waals surface area (Å²) in [5, 5.41) is 10.2. The number of pyridine rings is 1. The molecule has 0 amide bonds. The molecule has 0 fully saturated rings. The van der Waals surface area contributed by atoms with Gasteiger partial charge in [-0.2, -0.15) is 0 Å². The molecule has 0 radical (unpaired) electrons. The number of aromatic nitrogens is 1. The number of halogens is 1. The largest absolute Gasteiger partial charge is 0.305 e. The molecule has 66 valence electrons. The van der Waals surface area contributed by atoms with Gasteiger partial charge in [0.1, 0.15) is 11.2 Å². The smallest absolute Gasteiger partial charge is 0.258 e. The Balaban J connectivity index is 0.000000561. The molecule has 0 unspecified atom stereocenters. The first-order valence-electron chi connectivity index (χ1n) is 3.45. The molecule has 0 saturated carbocycles. The second-order valence-electron chi connectivity index (χ2n) is 1.58. The summed E-state index contributed by atoms with van der Waals surface area (Å²) in [5.74, 6) is 0. The molecule has 0 atom stereocenters. The summed E-state index contributed by atoms with van der Waals surface area (Å²) < 4.78 is 0. The highest BCUT2D eigenvalue weighted by molar-refractivity contribution is 6.32. The predicted molar refractivity (Wildman–Crippen MR) is 47.2 cm³/mol. The van der Waals surface area contributed by atoms with E-state index in [4.69, 9.17) is 11.6 Å². The first-order valence-corrected chi connectivity index (χ1v) is 3.83. The number of nitro groups is 1. The maximum absolute atomic E-state index is 10.1. The van der Waals surface area contributed by atoms with Gasteiger partial charge in [-0.3, -0.25) is 15.1 Å². The molecule has 1 aromatic heterocycles. The van der Waals surface area contributed by atoms with Gasteiger partial charge in [-0.05, 0) is 6.07 Å². The van der Waals surface area contributed by atoms with Gasteiger partial charge in [0.2, 0.25) is 0 Å². The summed E-state index contributed by atoms with van der Waals surface area (Å²) in [4.78, 5) is 13.1. The average Bonchev–Trinajstić information content (AvgIpc) is 2.08. The van der Waals surface area contributed by atoms with Crippen LogP contribution in [0, 0.1) is 10.1 Å². The summed E-state index contributed by atoms with van der Waals surface area (Å²) in [5.41, 5.74) is -0.163. The lowest BCUT2D eigenvalue weighted by atomic mass is 10.4. The lowest BCUT2D eigenvalue weighted by Gasteiger charge is -1.90. The Kier molecular flexibility index (Phi) is 4.96. The van der Waals surface area contributed by atoms with Gasteiger partial charge in [-0.1, -0.05) is 25.4 Å². The van der Waals surface area contributed by atoms with Gasteiger partial charge in [0.05, 0.1) is 4.92 Å². The van der Waals surface area contributed by atoms with Crippen LogP contribution in [0.2, 0.25) is 5.02 Å². The van der Waals surface area contributed by atoms with E-state index < -0.39 is 4.92 Å². The van der Waals surface area contributed by atoms with Crippen molar-refractivity contribution in [2.24, 2.45) is 0 Å². The van der Waals surface area contributed by atoms with E-state index >= 15 is 0 Å². The van der Waals surface area contributed by atoms with Crippen molar-refractivity contribution in [3.63, 3.8) is 0 Å². The minimum Gasteiger partial charge on any atom is -0.258 e. The van der Waals surface area contributed by atoms with Gasteiger partial charge in [0, 0.05) is 6.20 Å². The van der Waals surface area contributed by atoms with Gasteiger partial charge in [-0.25, -0.2) is 0 Å². The molecule has 0 saturated heterocycles. The van der Waals surface area contributed by atoms with E-state index in [-0.39, 0.29) is 10.7 Å². The third kappa shape index (κ3) is 2.84. The Morgan fingerprint density at radius 2 is 2.17 bits per heavy atom. The fourth-order valence-corrected chi connectivity index (χ4v) is 0.678. The molecule has 1 aromatic rings. The molecule has 0 spiro atoms. The summed E-state index contributed by atoms with van der Waals surface area (Å²) in [6, 6.07) is 1.37. The van der Waals surface area contributed by atoms with Crippen molar-refractivity contribution in [1.29, 1.82) is 0 Å². The van der Waals surface area contributed by atoms with Crippen molar-refractivity contribution in [3.8, 4) is 0 Å². The molecule has 0 bridgehead atoms. The Labute approximate surface area is 75.3 Å². The van der Waals surface area contributed by atoms with Crippen molar-refractivity contribution >= 4 is 17.3 Å². The summed E-state index contributed by atoms with van der Waals surface area (Å²) in [7, 11) is 0. The van der Waals surface area contributed by atoms with E-state index in [2.05, 4.69) is 4.98 Å². The minimum atomic E-state index is -0.574. The van der Waals surface area contributed by atoms with Crippen LogP contribution in [-0.2, 0) is 0 Å². The number of nitrogens with zero attached hydrogens (tertiary/aromatic N) is 2. The van der Waals surface area contributed by atoms with Gasteiger partial charge < -0.3 is 0 Å². The second kappa shape index (κ2) is 5.49. The van der Waals surface area contributed by atoms with E-state index in [9.17, 15) is 10.1 Å². The zero-order valence-electron chi connectivity index (χ0n) is 6.82. The number of hydrogen-bond acceptors (Lipinski definition) is 3. The molecule has 0 aliphatic rings. The summed E-state index contributed by atoms with van der Waals surface area (Å²) in [6.07, 6.45) is 2.51. The Bertz CT molecular complexity index is 265. The third-order valence-corrected chi connectivity index (χ3v) is 1.26. The van der Waals surface area contributed by atoms with E-state index in [1.807, 2.05) is 13.8 Å². The zero-order valence-corrected chi connectivity index (χ0v) is 7.58. The van der Waals surface area contributed by atoms with Crippen LogP contribution in [-0.4, -0.2) is 9.91 Å². The normalized spacial score (nSPS) is 8.25. The fourth-order valence-electron chi connectivity index (χ4n) is 0.504. The van der Waals surface area contributed by atoms with Gasteiger partial charge in [-0.15, -0.1) is 0 Å². The van der Waals surface area contributed by atoms with Crippen LogP contribution >= 0.6 is 11.6 Å². The maximum Gasteiger partial charge on any atom is 0.305 e. The van der Waals surface area contributed by atoms with E-state index in [1.54, 1.807) is 0 Å². The highest BCUT2D eigenvalue weighted by Gasteiger charge is 2.09. The lowest BCUT2D eigenvalue weighted by Crippen LogP contribution is -1.88. The highest BCUT2D eigenvalue weighted by atomic mass is 35.5. The first-order chi connectivity index (χ1) is 5.72. The van der Waals surface area contributed by atoms with Gasteiger partial charge in [0.15, 0.2) is 0 Å². The number of rotatable bonds is 1. The zero-order chi connectivity index (χ0) is 9.56. The van der Waals surface area contributed by atoms with Crippen LogP contribution in [0.4, 0.5) is 5.69 Å². The first kappa shape index (κ1) is 10.8. The van der Waals surface area contributed by atoms with Crippen molar-refractivity contribution in [2.45, 2.75) is 13.8 Å². The van der Waals surface area contributed by atoms with Crippen LogP contribution in [0.1, 0.15) is 13.8 Å². The monoisotopic (exact) mass is 188 g/mol. The molecule has 0 aliphatic heterocycles. The molecule has 4 nitrogen and oxygen atoms in total. The van der Waals surface area contributed by atoms with E-state index in [1.165, 1.54) is 12.3 Å². The van der Waals surface area contributed by atoms with Crippen molar-refractivity contribution < 1.29 is 4.92 Å². The van der Waals surface area contributed by atoms with Gasteiger partial charge >= 0.3 is 5.69 Å². The van der Waals surface area contributed by atoms with Crippen molar-refractivity contribution in [3.05, 3.63) is 33.6 Å². The van der Waals surface area contributed by atoms with Crippen molar-refractivity contribution in [2.75, 3.05) is 0 Å². The molecule has 1 rings (SSSR count). The molecule has 1 heterocycles. The van der Waals surface area contributed by atoms with E-state index in [0.717, 1.165) is 6.20 Å². The van der Waals surface area contributed by atoms with E-state index in [0.29, 0.717) is 0 Å². The standard InChI is InChI=1S/C5H3ClN2O2.C2H6/c6-4-1-2-7-3-5(4)8(9)10;1-2/h1-3H;1-2H3. The predicted octanol–water partition coefficient (Wildman–Crippen LogP) is 2.67. The average molecular weight is 189 g/mol. The Hall–Kier alpha value is -1.16. The topological polar surface area (TPSA) is 56.0 Å². The van der Waals surface area contributed by atoms with Crippen molar-refractivity contribution in [1.82, 2.24) is 4.98 Å². The molecule has 5 heteroatoms. The molecule has 0 aromatic carbocycles. The molecular weight excluding hydrogens is 180 g/mol. The number of hydrogen-bond donors (Lipinski definition) is 0. The SMILES string of the molecule is CC.O=[N+]([O-])c1cnccc1Cl. The summed E-state index contributed by atoms with van der Waals surface area (Å²) >= 11 is 5.44. The summed E-state index contributed by atoms with van der Waals surface area (Å²) in [6.45, 7) is 4.00. The highest BCUT2D eigenvalue weighted by Crippen LogP contribution is 2.20. The molecule has 12 heavy (non-hydrogen) atoms. The van der Waals surface area contributed by atoms with Crippen LogP contribution < -0.4 is 0 Å². The van der Waals surface area contributed by atoms with Crippen LogP contribution in [0.15, 0.2) is 18.5 Å². The third-order valence-electron chi connectivity index (χ3n) is 0.945. The van der Waals surface area contributed by atoms with Crippen LogP contribution in [0.3, 0.4) is 0 Å². The molecular formula is C7H9ClN2O2.